The first-order valence-electron chi connectivity index (χ1n) is 8.36. The summed E-state index contributed by atoms with van der Waals surface area (Å²) in [5, 5.41) is 5.51. The number of benzene rings is 2. The molecule has 3 N–H and O–H groups in total. The van der Waals surface area contributed by atoms with Crippen LogP contribution in [0.3, 0.4) is 0 Å². The van der Waals surface area contributed by atoms with Crippen molar-refractivity contribution in [3.8, 4) is 5.75 Å². The molecule has 4 rings (SSSR count). The van der Waals surface area contributed by atoms with Crippen molar-refractivity contribution in [3.63, 3.8) is 0 Å². The van der Waals surface area contributed by atoms with E-state index in [1.807, 2.05) is 30.3 Å². The summed E-state index contributed by atoms with van der Waals surface area (Å²) >= 11 is 3.37. The Labute approximate surface area is 167 Å². The molecule has 0 unspecified atom stereocenters. The van der Waals surface area contributed by atoms with E-state index in [1.165, 1.54) is 12.4 Å². The zero-order valence-electron chi connectivity index (χ0n) is 14.7. The van der Waals surface area contributed by atoms with Crippen LogP contribution in [0.15, 0.2) is 58.4 Å². The molecule has 0 radical (unpaired) electrons. The van der Waals surface area contributed by atoms with Gasteiger partial charge in [-0.25, -0.2) is 5.43 Å². The molecule has 1 amide bonds. The van der Waals surface area contributed by atoms with E-state index in [0.29, 0.717) is 10.9 Å². The Morgan fingerprint density at radius 3 is 2.71 bits per heavy atom. The van der Waals surface area contributed by atoms with Gasteiger partial charge in [0.15, 0.2) is 0 Å². The van der Waals surface area contributed by atoms with Gasteiger partial charge in [0, 0.05) is 50.3 Å². The number of H-pyrrole nitrogens is 2. The monoisotopic (exact) mass is 438 g/mol. The normalized spacial score (nSPS) is 11.4. The standard InChI is InChI=1S/C20H15BrN4O3/c1-28-13-3-4-14-11(8-22-18(14)7-13)9-24-25-20(27)19(26)16-10-23-17-5-2-12(21)6-15(16)17/h2-10,22-23H,1H3,(H,25,27)/b24-9+. The molecule has 0 aliphatic rings. The summed E-state index contributed by atoms with van der Waals surface area (Å²) in [6, 6.07) is 11.1. The first-order chi connectivity index (χ1) is 13.6. The number of carbonyl (C=O) groups is 2. The fourth-order valence-electron chi connectivity index (χ4n) is 2.98. The molecule has 0 spiro atoms. The Morgan fingerprint density at radius 1 is 1.07 bits per heavy atom. The molecule has 0 saturated heterocycles. The van der Waals surface area contributed by atoms with Gasteiger partial charge in [-0.05, 0) is 30.3 Å². The highest BCUT2D eigenvalue weighted by atomic mass is 79.9. The van der Waals surface area contributed by atoms with Crippen molar-refractivity contribution < 1.29 is 14.3 Å². The smallest absolute Gasteiger partial charge is 0.312 e. The molecule has 8 heteroatoms. The highest BCUT2D eigenvalue weighted by Gasteiger charge is 2.19. The van der Waals surface area contributed by atoms with Crippen molar-refractivity contribution >= 4 is 55.6 Å². The average molecular weight is 439 g/mol. The number of ketones is 1. The predicted molar refractivity (Wildman–Crippen MR) is 111 cm³/mol. The lowest BCUT2D eigenvalue weighted by Crippen LogP contribution is -2.27. The molecule has 28 heavy (non-hydrogen) atoms. The molecular formula is C20H15BrN4O3. The maximum atomic E-state index is 12.5. The zero-order valence-corrected chi connectivity index (χ0v) is 16.3. The van der Waals surface area contributed by atoms with Gasteiger partial charge in [-0.15, -0.1) is 0 Å². The van der Waals surface area contributed by atoms with E-state index in [0.717, 1.165) is 32.2 Å². The predicted octanol–water partition coefficient (Wildman–Crippen LogP) is 3.75. The second kappa shape index (κ2) is 7.32. The van der Waals surface area contributed by atoms with E-state index in [2.05, 4.69) is 36.4 Å². The van der Waals surface area contributed by atoms with Gasteiger partial charge in [-0.2, -0.15) is 5.10 Å². The number of aromatic nitrogens is 2. The Balaban J connectivity index is 1.50. The Kier molecular flexibility index (Phi) is 4.70. The Hall–Kier alpha value is -3.39. The lowest BCUT2D eigenvalue weighted by molar-refractivity contribution is -0.116. The highest BCUT2D eigenvalue weighted by molar-refractivity contribution is 9.10. The summed E-state index contributed by atoms with van der Waals surface area (Å²) in [5.41, 5.74) is 5.02. The van der Waals surface area contributed by atoms with E-state index in [1.54, 1.807) is 19.4 Å². The fourth-order valence-corrected chi connectivity index (χ4v) is 3.34. The summed E-state index contributed by atoms with van der Waals surface area (Å²) in [6.45, 7) is 0. The van der Waals surface area contributed by atoms with E-state index in [4.69, 9.17) is 4.74 Å². The molecule has 4 aromatic rings. The second-order valence-electron chi connectivity index (χ2n) is 6.08. The number of amides is 1. The van der Waals surface area contributed by atoms with E-state index in [-0.39, 0.29) is 0 Å². The molecule has 2 aromatic heterocycles. The molecule has 140 valence electrons. The first kappa shape index (κ1) is 18.0. The van der Waals surface area contributed by atoms with Gasteiger partial charge < -0.3 is 14.7 Å². The first-order valence-corrected chi connectivity index (χ1v) is 9.15. The largest absolute Gasteiger partial charge is 0.497 e. The third-order valence-electron chi connectivity index (χ3n) is 4.39. The summed E-state index contributed by atoms with van der Waals surface area (Å²) in [4.78, 5) is 30.8. The van der Waals surface area contributed by atoms with Crippen LogP contribution < -0.4 is 10.2 Å². The summed E-state index contributed by atoms with van der Waals surface area (Å²) in [7, 11) is 1.60. The van der Waals surface area contributed by atoms with Crippen LogP contribution in [-0.2, 0) is 4.79 Å². The van der Waals surface area contributed by atoms with Crippen molar-refractivity contribution in [3.05, 3.63) is 64.4 Å². The second-order valence-corrected chi connectivity index (χ2v) is 6.99. The van der Waals surface area contributed by atoms with Gasteiger partial charge in [-0.1, -0.05) is 15.9 Å². The molecule has 0 atom stereocenters. The Bertz CT molecular complexity index is 1240. The molecular weight excluding hydrogens is 424 g/mol. The lowest BCUT2D eigenvalue weighted by Gasteiger charge is -2.00. The van der Waals surface area contributed by atoms with Gasteiger partial charge in [0.1, 0.15) is 5.75 Å². The number of carbonyl (C=O) groups excluding carboxylic acids is 2. The summed E-state index contributed by atoms with van der Waals surface area (Å²) in [5.74, 6) is -0.731. The van der Waals surface area contributed by atoms with Crippen LogP contribution in [-0.4, -0.2) is 35.0 Å². The number of hydrazone groups is 1. The number of nitrogens with one attached hydrogen (secondary N) is 3. The van der Waals surface area contributed by atoms with Gasteiger partial charge >= 0.3 is 5.91 Å². The molecule has 7 nitrogen and oxygen atoms in total. The van der Waals surface area contributed by atoms with Gasteiger partial charge in [0.05, 0.1) is 18.9 Å². The van der Waals surface area contributed by atoms with Crippen LogP contribution in [0.1, 0.15) is 15.9 Å². The highest BCUT2D eigenvalue weighted by Crippen LogP contribution is 2.23. The molecule has 0 bridgehead atoms. The number of methoxy groups -OCH3 is 1. The number of Topliss-reactive ketones (excluding diaryl/α,β-unsaturated/α-hetero) is 1. The number of halogens is 1. The fraction of sp³-hybridized carbons (Fsp3) is 0.0500. The maximum absolute atomic E-state index is 12.5. The number of hydrogen-bond acceptors (Lipinski definition) is 4. The molecule has 2 heterocycles. The maximum Gasteiger partial charge on any atom is 0.312 e. The Morgan fingerprint density at radius 2 is 1.89 bits per heavy atom. The van der Waals surface area contributed by atoms with E-state index < -0.39 is 11.7 Å². The number of aromatic amines is 2. The van der Waals surface area contributed by atoms with Gasteiger partial charge in [0.25, 0.3) is 5.78 Å². The number of nitrogens with zero attached hydrogens (tertiary/aromatic N) is 1. The average Bonchev–Trinajstić information content (AvgIpc) is 3.30. The minimum atomic E-state index is -0.807. The zero-order chi connectivity index (χ0) is 19.7. The molecule has 0 saturated carbocycles. The third-order valence-corrected chi connectivity index (χ3v) is 4.88. The quantitative estimate of drug-likeness (QED) is 0.191. The van der Waals surface area contributed by atoms with Crippen molar-refractivity contribution in [2.45, 2.75) is 0 Å². The minimum Gasteiger partial charge on any atom is -0.497 e. The van der Waals surface area contributed by atoms with Crippen molar-refractivity contribution in [1.82, 2.24) is 15.4 Å². The van der Waals surface area contributed by atoms with E-state index in [9.17, 15) is 9.59 Å². The van der Waals surface area contributed by atoms with Crippen LogP contribution in [0.25, 0.3) is 21.8 Å². The molecule has 0 aliphatic heterocycles. The van der Waals surface area contributed by atoms with Crippen molar-refractivity contribution in [2.75, 3.05) is 7.11 Å². The minimum absolute atomic E-state index is 0.295. The van der Waals surface area contributed by atoms with Crippen LogP contribution in [0.5, 0.6) is 5.75 Å². The van der Waals surface area contributed by atoms with Gasteiger partial charge in [0.2, 0.25) is 0 Å². The summed E-state index contributed by atoms with van der Waals surface area (Å²) < 4.78 is 6.01. The lowest BCUT2D eigenvalue weighted by atomic mass is 10.1. The number of ether oxygens (including phenoxy) is 1. The number of hydrogen-bond donors (Lipinski definition) is 3. The number of rotatable bonds is 5. The SMILES string of the molecule is COc1ccc2c(/C=N/NC(=O)C(=O)c3c[nH]c4ccc(Br)cc34)c[nH]c2c1. The van der Waals surface area contributed by atoms with E-state index >= 15 is 0 Å². The third kappa shape index (κ3) is 3.29. The van der Waals surface area contributed by atoms with Crippen LogP contribution >= 0.6 is 15.9 Å². The van der Waals surface area contributed by atoms with Gasteiger partial charge in [-0.3, -0.25) is 9.59 Å². The van der Waals surface area contributed by atoms with Crippen LogP contribution in [0, 0.1) is 0 Å². The van der Waals surface area contributed by atoms with Crippen LogP contribution in [0.4, 0.5) is 0 Å². The molecule has 0 fully saturated rings. The number of fused-ring (bicyclic) bond motifs is 2. The van der Waals surface area contributed by atoms with Crippen LogP contribution in [0.2, 0.25) is 0 Å². The van der Waals surface area contributed by atoms with Crippen molar-refractivity contribution in [1.29, 1.82) is 0 Å². The topological polar surface area (TPSA) is 99.3 Å². The summed E-state index contributed by atoms with van der Waals surface area (Å²) in [6.07, 6.45) is 4.77. The molecule has 2 aromatic carbocycles. The van der Waals surface area contributed by atoms with Crippen molar-refractivity contribution in [2.24, 2.45) is 5.10 Å². The molecule has 0 aliphatic carbocycles.